The van der Waals surface area contributed by atoms with Crippen molar-refractivity contribution in [3.8, 4) is 5.75 Å². The fourth-order valence-corrected chi connectivity index (χ4v) is 4.12. The van der Waals surface area contributed by atoms with Gasteiger partial charge in [0.05, 0.1) is 24.1 Å². The summed E-state index contributed by atoms with van der Waals surface area (Å²) in [6.45, 7) is 3.33. The Balaban J connectivity index is 2.34. The average Bonchev–Trinajstić information content (AvgIpc) is 2.57. The molecule has 6 nitrogen and oxygen atoms in total. The van der Waals surface area contributed by atoms with Gasteiger partial charge in [-0.15, -0.1) is 0 Å². The molecule has 0 fully saturated rings. The first-order valence-corrected chi connectivity index (χ1v) is 10.5. The van der Waals surface area contributed by atoms with Crippen molar-refractivity contribution in [1.29, 1.82) is 0 Å². The topological polar surface area (TPSA) is 75.7 Å². The maximum Gasteiger partial charge on any atom is 0.247 e. The third-order valence-corrected chi connectivity index (χ3v) is 5.86. The van der Waals surface area contributed by atoms with Crippen molar-refractivity contribution < 1.29 is 17.9 Å². The number of carbonyl (C=O) groups is 1. The predicted octanol–water partition coefficient (Wildman–Crippen LogP) is 4.10. The third-order valence-electron chi connectivity index (χ3n) is 3.92. The van der Waals surface area contributed by atoms with E-state index in [0.29, 0.717) is 16.5 Å². The lowest BCUT2D eigenvalue weighted by atomic mass is 10.2. The van der Waals surface area contributed by atoms with Crippen LogP contribution in [0.1, 0.15) is 12.5 Å². The summed E-state index contributed by atoms with van der Waals surface area (Å²) in [4.78, 5) is 12.7. The van der Waals surface area contributed by atoms with Crippen molar-refractivity contribution in [2.45, 2.75) is 19.9 Å². The van der Waals surface area contributed by atoms with Crippen LogP contribution in [-0.4, -0.2) is 33.7 Å². The quantitative estimate of drug-likeness (QED) is 0.747. The monoisotopic (exact) mass is 430 g/mol. The summed E-state index contributed by atoms with van der Waals surface area (Å²) in [6.07, 6.45) is 1.03. The number of halogens is 2. The van der Waals surface area contributed by atoms with Crippen LogP contribution in [0.4, 0.5) is 11.4 Å². The minimum Gasteiger partial charge on any atom is -0.495 e. The second-order valence-corrected chi connectivity index (χ2v) is 8.68. The van der Waals surface area contributed by atoms with Gasteiger partial charge in [0.1, 0.15) is 11.8 Å². The van der Waals surface area contributed by atoms with Gasteiger partial charge < -0.3 is 10.1 Å². The molecule has 0 unspecified atom stereocenters. The number of benzene rings is 2. The van der Waals surface area contributed by atoms with Gasteiger partial charge in [0.2, 0.25) is 15.9 Å². The lowest BCUT2D eigenvalue weighted by Crippen LogP contribution is -2.45. The number of nitrogens with zero attached hydrogens (tertiary/aromatic N) is 1. The van der Waals surface area contributed by atoms with Crippen LogP contribution >= 0.6 is 23.2 Å². The van der Waals surface area contributed by atoms with E-state index >= 15 is 0 Å². The Kier molecular flexibility index (Phi) is 6.62. The first-order valence-electron chi connectivity index (χ1n) is 7.94. The SMILES string of the molecule is COc1ccc(N([C@H](C)C(=O)Nc2ccc(C)c(Cl)c2)S(C)(=O)=O)cc1Cl. The van der Waals surface area contributed by atoms with E-state index < -0.39 is 22.0 Å². The minimum atomic E-state index is -3.76. The number of methoxy groups -OCH3 is 1. The van der Waals surface area contributed by atoms with Crippen LogP contribution in [0.15, 0.2) is 36.4 Å². The lowest BCUT2D eigenvalue weighted by molar-refractivity contribution is -0.116. The zero-order valence-electron chi connectivity index (χ0n) is 15.3. The maximum atomic E-state index is 12.7. The predicted molar refractivity (Wildman–Crippen MR) is 110 cm³/mol. The van der Waals surface area contributed by atoms with Crippen molar-refractivity contribution in [3.63, 3.8) is 0 Å². The van der Waals surface area contributed by atoms with Crippen LogP contribution in [0.25, 0.3) is 0 Å². The van der Waals surface area contributed by atoms with Gasteiger partial charge in [-0.2, -0.15) is 0 Å². The Bertz CT molecular complexity index is 964. The van der Waals surface area contributed by atoms with Crippen LogP contribution in [0.2, 0.25) is 10.0 Å². The minimum absolute atomic E-state index is 0.238. The molecule has 0 aliphatic carbocycles. The van der Waals surface area contributed by atoms with Gasteiger partial charge >= 0.3 is 0 Å². The van der Waals surface area contributed by atoms with Crippen molar-refractivity contribution >= 4 is 50.5 Å². The highest BCUT2D eigenvalue weighted by Crippen LogP contribution is 2.31. The molecule has 0 aliphatic rings. The van der Waals surface area contributed by atoms with E-state index in [1.165, 1.54) is 26.2 Å². The number of sulfonamides is 1. The molecule has 146 valence electrons. The summed E-state index contributed by atoms with van der Waals surface area (Å²) in [6, 6.07) is 8.55. The molecule has 0 radical (unpaired) electrons. The molecule has 0 aromatic heterocycles. The molecule has 27 heavy (non-hydrogen) atoms. The van der Waals surface area contributed by atoms with E-state index in [1.807, 2.05) is 6.92 Å². The van der Waals surface area contributed by atoms with E-state index in [-0.39, 0.29) is 10.7 Å². The van der Waals surface area contributed by atoms with Gasteiger partial charge in [-0.25, -0.2) is 8.42 Å². The highest BCUT2D eigenvalue weighted by atomic mass is 35.5. The number of carbonyl (C=O) groups excluding carboxylic acids is 1. The molecule has 0 bridgehead atoms. The highest BCUT2D eigenvalue weighted by Gasteiger charge is 2.29. The van der Waals surface area contributed by atoms with E-state index in [9.17, 15) is 13.2 Å². The van der Waals surface area contributed by atoms with Crippen LogP contribution in [0.5, 0.6) is 5.75 Å². The van der Waals surface area contributed by atoms with E-state index in [1.54, 1.807) is 24.3 Å². The molecule has 9 heteroatoms. The van der Waals surface area contributed by atoms with E-state index in [0.717, 1.165) is 16.1 Å². The Morgan fingerprint density at radius 2 is 1.81 bits per heavy atom. The standard InChI is InChI=1S/C18H20Cl2N2O4S/c1-11-5-6-13(9-15(11)19)21-18(23)12(2)22(27(4,24)25)14-7-8-17(26-3)16(20)10-14/h5-10,12H,1-4H3,(H,21,23)/t12-/m1/s1. The molecular formula is C18H20Cl2N2O4S. The van der Waals surface area contributed by atoms with Crippen LogP contribution in [0, 0.1) is 6.92 Å². The Hall–Kier alpha value is -1.96. The summed E-state index contributed by atoms with van der Waals surface area (Å²) in [5.41, 5.74) is 1.60. The second-order valence-electron chi connectivity index (χ2n) is 6.01. The molecule has 0 saturated carbocycles. The van der Waals surface area contributed by atoms with Crippen molar-refractivity contribution in [2.24, 2.45) is 0 Å². The molecule has 0 heterocycles. The zero-order valence-corrected chi connectivity index (χ0v) is 17.6. The van der Waals surface area contributed by atoms with Crippen molar-refractivity contribution in [2.75, 3.05) is 23.0 Å². The second kappa shape index (κ2) is 8.37. The Morgan fingerprint density at radius 1 is 1.15 bits per heavy atom. The molecular weight excluding hydrogens is 411 g/mol. The normalized spacial score (nSPS) is 12.4. The number of rotatable bonds is 6. The number of hydrogen-bond donors (Lipinski definition) is 1. The van der Waals surface area contributed by atoms with Crippen molar-refractivity contribution in [1.82, 2.24) is 0 Å². The number of amides is 1. The van der Waals surface area contributed by atoms with Crippen LogP contribution in [-0.2, 0) is 14.8 Å². The molecule has 2 aromatic rings. The molecule has 1 atom stereocenters. The van der Waals surface area contributed by atoms with Crippen LogP contribution in [0.3, 0.4) is 0 Å². The van der Waals surface area contributed by atoms with Gasteiger partial charge in [-0.05, 0) is 49.7 Å². The number of anilines is 2. The van der Waals surface area contributed by atoms with Crippen LogP contribution < -0.4 is 14.4 Å². The molecule has 2 aromatic carbocycles. The molecule has 1 N–H and O–H groups in total. The Morgan fingerprint density at radius 3 is 2.33 bits per heavy atom. The highest BCUT2D eigenvalue weighted by molar-refractivity contribution is 7.92. The number of nitrogens with one attached hydrogen (secondary N) is 1. The van der Waals surface area contributed by atoms with Gasteiger partial charge in [0.25, 0.3) is 0 Å². The zero-order chi connectivity index (χ0) is 20.4. The summed E-state index contributed by atoms with van der Waals surface area (Å²) in [5.74, 6) is -0.104. The molecule has 0 saturated heterocycles. The largest absolute Gasteiger partial charge is 0.495 e. The number of hydrogen-bond acceptors (Lipinski definition) is 4. The fraction of sp³-hybridized carbons (Fsp3) is 0.278. The number of ether oxygens (including phenoxy) is 1. The summed E-state index contributed by atoms with van der Waals surface area (Å²) in [5, 5.41) is 3.42. The number of aryl methyl sites for hydroxylation is 1. The molecule has 1 amide bonds. The van der Waals surface area contributed by atoms with Crippen molar-refractivity contribution in [3.05, 3.63) is 52.0 Å². The van der Waals surface area contributed by atoms with Gasteiger partial charge in [0, 0.05) is 10.7 Å². The van der Waals surface area contributed by atoms with Gasteiger partial charge in [0.15, 0.2) is 0 Å². The summed E-state index contributed by atoms with van der Waals surface area (Å²) >= 11 is 12.2. The molecule has 0 aliphatic heterocycles. The Labute approximate surface area is 169 Å². The first kappa shape index (κ1) is 21.3. The summed E-state index contributed by atoms with van der Waals surface area (Å²) < 4.78 is 30.8. The molecule has 2 rings (SSSR count). The third kappa shape index (κ3) is 5.06. The van der Waals surface area contributed by atoms with E-state index in [4.69, 9.17) is 27.9 Å². The van der Waals surface area contributed by atoms with Gasteiger partial charge in [-0.3, -0.25) is 9.10 Å². The van der Waals surface area contributed by atoms with Gasteiger partial charge in [-0.1, -0.05) is 29.3 Å². The molecule has 0 spiro atoms. The maximum absolute atomic E-state index is 12.7. The first-order chi connectivity index (χ1) is 12.5. The summed E-state index contributed by atoms with van der Waals surface area (Å²) in [7, 11) is -2.30. The smallest absolute Gasteiger partial charge is 0.247 e. The van der Waals surface area contributed by atoms with E-state index in [2.05, 4.69) is 5.32 Å². The fourth-order valence-electron chi connectivity index (χ4n) is 2.52. The lowest BCUT2D eigenvalue weighted by Gasteiger charge is -2.28. The average molecular weight is 431 g/mol.